The lowest BCUT2D eigenvalue weighted by molar-refractivity contribution is -0.958. The maximum absolute atomic E-state index is 13.6. The lowest BCUT2D eigenvalue weighted by Gasteiger charge is -2.51. The van der Waals surface area contributed by atoms with Crippen molar-refractivity contribution in [1.29, 1.82) is 0 Å². The number of benzene rings is 4. The molecular weight excluding hydrogens is 873 g/mol. The van der Waals surface area contributed by atoms with E-state index in [1.807, 2.05) is 67.7 Å². The summed E-state index contributed by atoms with van der Waals surface area (Å²) in [6.45, 7) is 5.44. The largest absolute Gasteiger partial charge is 0.544 e. The molecule has 374 valence electrons. The third-order valence-electron chi connectivity index (χ3n) is 15.9. The van der Waals surface area contributed by atoms with Crippen molar-refractivity contribution in [3.8, 4) is 46.0 Å². The first-order valence-corrected chi connectivity index (χ1v) is 25.7. The molecule has 4 aliphatic rings. The number of aromatic hydroxyl groups is 1. The zero-order valence-electron chi connectivity index (χ0n) is 42.2. The van der Waals surface area contributed by atoms with Crippen LogP contribution in [0.4, 0.5) is 0 Å². The molecule has 4 aliphatic heterocycles. The van der Waals surface area contributed by atoms with Crippen molar-refractivity contribution in [3.05, 3.63) is 94.0 Å². The van der Waals surface area contributed by atoms with Crippen LogP contribution in [-0.2, 0) is 35.3 Å². The van der Waals surface area contributed by atoms with Crippen LogP contribution in [0.15, 0.2) is 60.7 Å². The van der Waals surface area contributed by atoms with Crippen LogP contribution in [0.3, 0.4) is 0 Å². The Kier molecular flexibility index (Phi) is 17.1. The number of phenolic OH excluding ortho intramolecular Hbond substituents is 1. The SMILES string of the molecule is CCCCCCCCC(C(=O)[O-])[N+]1(C)CCc2cc(OC)c3cc2C1Cc1ccc(cc1)Oc1cc(ccc1OC)CC1c2c(cc(OC)c(O)c2O3)CC[N+]1(C)C(CCCCCCCC)C(=O)[O-]. The summed E-state index contributed by atoms with van der Waals surface area (Å²) >= 11 is 0. The van der Waals surface area contributed by atoms with E-state index in [0.717, 1.165) is 98.4 Å². The quantitative estimate of drug-likeness (QED) is 0.0633. The van der Waals surface area contributed by atoms with Gasteiger partial charge < -0.3 is 57.6 Å². The minimum absolute atomic E-state index is 0.110. The molecule has 1 N–H and O–H groups in total. The number of carbonyl (C=O) groups is 2. The summed E-state index contributed by atoms with van der Waals surface area (Å²) in [5.74, 6) is 0.470. The zero-order chi connectivity index (χ0) is 49.3. The van der Waals surface area contributed by atoms with E-state index >= 15 is 0 Å². The molecule has 0 amide bonds. The third-order valence-corrected chi connectivity index (χ3v) is 15.9. The van der Waals surface area contributed by atoms with Crippen molar-refractivity contribution < 1.29 is 57.6 Å². The highest BCUT2D eigenvalue weighted by Gasteiger charge is 2.49. The number of quaternary nitrogens is 2. The molecule has 8 rings (SSSR count). The predicted molar refractivity (Wildman–Crippen MR) is 263 cm³/mol. The molecule has 0 spiro atoms. The highest BCUT2D eigenvalue weighted by Crippen LogP contribution is 2.54. The average Bonchev–Trinajstić information content (AvgIpc) is 3.33. The number of unbranched alkanes of at least 4 members (excludes halogenated alkanes) is 10. The Bertz CT molecular complexity index is 2400. The van der Waals surface area contributed by atoms with Gasteiger partial charge in [-0.3, -0.25) is 0 Å². The van der Waals surface area contributed by atoms with Crippen LogP contribution in [0.5, 0.6) is 46.0 Å². The second-order valence-electron chi connectivity index (χ2n) is 20.2. The first-order chi connectivity index (χ1) is 33.3. The molecule has 69 heavy (non-hydrogen) atoms. The van der Waals surface area contributed by atoms with E-state index in [4.69, 9.17) is 23.7 Å². The molecule has 0 fully saturated rings. The molecule has 6 atom stereocenters. The molecule has 12 nitrogen and oxygen atoms in total. The number of carbonyl (C=O) groups excluding carboxylic acids is 2. The van der Waals surface area contributed by atoms with E-state index in [1.165, 1.54) is 13.5 Å². The summed E-state index contributed by atoms with van der Waals surface area (Å²) in [5, 5.41) is 39.3. The molecule has 4 aromatic rings. The zero-order valence-corrected chi connectivity index (χ0v) is 42.2. The van der Waals surface area contributed by atoms with Gasteiger partial charge in [0.1, 0.15) is 29.9 Å². The summed E-state index contributed by atoms with van der Waals surface area (Å²) in [4.78, 5) is 27.0. The van der Waals surface area contributed by atoms with Gasteiger partial charge in [0, 0.05) is 44.1 Å². The molecule has 12 heteroatoms. The number of ether oxygens (including phenoxy) is 5. The van der Waals surface area contributed by atoms with Gasteiger partial charge in [0.2, 0.25) is 5.75 Å². The normalized spacial score (nSPS) is 21.4. The number of nitrogens with zero attached hydrogens (tertiary/aromatic N) is 2. The van der Waals surface area contributed by atoms with Crippen LogP contribution in [0, 0.1) is 0 Å². The van der Waals surface area contributed by atoms with Gasteiger partial charge in [0.15, 0.2) is 34.5 Å². The molecule has 0 aromatic heterocycles. The fraction of sp³-hybridized carbons (Fsp3) is 0.544. The Morgan fingerprint density at radius 1 is 0.623 bits per heavy atom. The molecule has 0 saturated carbocycles. The second-order valence-corrected chi connectivity index (χ2v) is 20.2. The van der Waals surface area contributed by atoms with E-state index in [0.29, 0.717) is 85.9 Å². The van der Waals surface area contributed by atoms with Gasteiger partial charge >= 0.3 is 0 Å². The van der Waals surface area contributed by atoms with Crippen molar-refractivity contribution in [2.24, 2.45) is 0 Å². The first kappa shape index (κ1) is 51.4. The van der Waals surface area contributed by atoms with Crippen molar-refractivity contribution in [2.45, 2.75) is 154 Å². The highest BCUT2D eigenvalue weighted by molar-refractivity contribution is 5.71. The van der Waals surface area contributed by atoms with Gasteiger partial charge in [-0.2, -0.15) is 0 Å². The lowest BCUT2D eigenvalue weighted by atomic mass is 9.83. The molecule has 6 unspecified atom stereocenters. The highest BCUT2D eigenvalue weighted by atomic mass is 16.5. The summed E-state index contributed by atoms with van der Waals surface area (Å²) in [6, 6.07) is 17.0. The Morgan fingerprint density at radius 3 is 1.71 bits per heavy atom. The standard InChI is InChI=1S/C57H76N2O10/c1-8-10-12-14-16-18-20-44(56(61)62)58(3)30-28-40-35-49(66-6)51-37-43(40)46(58)32-38-22-25-42(26-23-38)68-50-34-39(24-27-48(50)65-5)33-47-53-41(36-52(67-7)54(60)55(53)69-51)29-31-59(47,4)45(57(63)64)21-19-17-15-13-11-9-2/h22-27,34-37,44-47H,8-21,28-33H2,1-7H3,(H-2,60,61,62,63,64). The van der Waals surface area contributed by atoms with Gasteiger partial charge in [-0.15, -0.1) is 0 Å². The number of hydrogen-bond acceptors (Lipinski definition) is 10. The molecule has 0 saturated heterocycles. The number of aliphatic carboxylic acids is 2. The first-order valence-electron chi connectivity index (χ1n) is 25.7. The summed E-state index contributed by atoms with van der Waals surface area (Å²) in [7, 11) is 8.77. The maximum atomic E-state index is 13.6. The van der Waals surface area contributed by atoms with Crippen LogP contribution in [-0.4, -0.2) is 86.6 Å². The molecule has 4 aromatic carbocycles. The van der Waals surface area contributed by atoms with Crippen LogP contribution >= 0.6 is 0 Å². The van der Waals surface area contributed by atoms with Gasteiger partial charge in [-0.05, 0) is 77.6 Å². The van der Waals surface area contributed by atoms with Crippen LogP contribution < -0.4 is 33.9 Å². The van der Waals surface area contributed by atoms with Crippen molar-refractivity contribution in [2.75, 3.05) is 48.5 Å². The van der Waals surface area contributed by atoms with Crippen LogP contribution in [0.1, 0.15) is 149 Å². The molecule has 0 radical (unpaired) electrons. The molecule has 0 aliphatic carbocycles. The summed E-state index contributed by atoms with van der Waals surface area (Å²) in [5.41, 5.74) is 5.39. The fourth-order valence-electron chi connectivity index (χ4n) is 11.8. The Morgan fingerprint density at radius 2 is 1.13 bits per heavy atom. The Labute approximate surface area is 410 Å². The van der Waals surface area contributed by atoms with E-state index in [-0.39, 0.29) is 32.3 Å². The maximum Gasteiger partial charge on any atom is 0.201 e. The Balaban J connectivity index is 1.43. The number of carboxylic acid groups (broad SMARTS) is 2. The summed E-state index contributed by atoms with van der Waals surface area (Å²) < 4.78 is 31.8. The number of phenols is 1. The Hall–Kier alpha value is -5.46. The van der Waals surface area contributed by atoms with Gasteiger partial charge in [0.25, 0.3) is 0 Å². The van der Waals surface area contributed by atoms with Crippen molar-refractivity contribution in [1.82, 2.24) is 0 Å². The monoisotopic (exact) mass is 949 g/mol. The van der Waals surface area contributed by atoms with Crippen LogP contribution in [0.25, 0.3) is 0 Å². The number of fused-ring (bicyclic) bond motifs is 2. The number of carboxylic acids is 2. The third kappa shape index (κ3) is 11.1. The second kappa shape index (κ2) is 23.0. The predicted octanol–water partition coefficient (Wildman–Crippen LogP) is 9.63. The fourth-order valence-corrected chi connectivity index (χ4v) is 11.8. The van der Waals surface area contributed by atoms with E-state index in [2.05, 4.69) is 20.9 Å². The smallest absolute Gasteiger partial charge is 0.201 e. The van der Waals surface area contributed by atoms with Gasteiger partial charge in [-0.25, -0.2) is 0 Å². The van der Waals surface area contributed by atoms with E-state index in [9.17, 15) is 24.9 Å². The number of rotatable bonds is 21. The van der Waals surface area contributed by atoms with E-state index in [1.54, 1.807) is 14.2 Å². The van der Waals surface area contributed by atoms with E-state index < -0.39 is 30.1 Å². The molecule has 6 bridgehead atoms. The number of hydrogen-bond donors (Lipinski definition) is 1. The van der Waals surface area contributed by atoms with Gasteiger partial charge in [-0.1, -0.05) is 96.3 Å². The minimum atomic E-state index is -1.11. The average molecular weight is 949 g/mol. The molecule has 4 heterocycles. The number of likely N-dealkylation sites (N-methyl/N-ethyl adjacent to an activating group) is 2. The molecular formula is C57H76N2O10. The van der Waals surface area contributed by atoms with Crippen LogP contribution in [0.2, 0.25) is 0 Å². The van der Waals surface area contributed by atoms with Crippen molar-refractivity contribution in [3.63, 3.8) is 0 Å². The van der Waals surface area contributed by atoms with Crippen molar-refractivity contribution >= 4 is 11.9 Å². The summed E-state index contributed by atoms with van der Waals surface area (Å²) in [6.07, 6.45) is 15.3. The van der Waals surface area contributed by atoms with Gasteiger partial charge in [0.05, 0.1) is 66.0 Å². The number of methoxy groups -OCH3 is 3. The minimum Gasteiger partial charge on any atom is -0.544 e. The topological polar surface area (TPSA) is 147 Å². The lowest BCUT2D eigenvalue weighted by Crippen LogP contribution is -2.63.